The number of nitro groups is 1. The summed E-state index contributed by atoms with van der Waals surface area (Å²) in [6.07, 6.45) is 3.65. The molecule has 1 aromatic rings. The maximum atomic E-state index is 11.0. The number of hydrogen-bond acceptors (Lipinski definition) is 4. The minimum atomic E-state index is -0.319. The van der Waals surface area contributed by atoms with E-state index in [0.29, 0.717) is 12.1 Å². The maximum absolute atomic E-state index is 11.0. The van der Waals surface area contributed by atoms with Gasteiger partial charge in [-0.3, -0.25) is 10.1 Å². The zero-order valence-electron chi connectivity index (χ0n) is 11.9. The van der Waals surface area contributed by atoms with Crippen molar-refractivity contribution in [2.75, 3.05) is 4.90 Å². The van der Waals surface area contributed by atoms with Gasteiger partial charge in [0.2, 0.25) is 0 Å². The molecule has 2 atom stereocenters. The summed E-state index contributed by atoms with van der Waals surface area (Å²) in [7, 11) is 0. The van der Waals surface area contributed by atoms with Gasteiger partial charge in [-0.2, -0.15) is 0 Å². The third-order valence-corrected chi connectivity index (χ3v) is 4.91. The predicted octanol–water partition coefficient (Wildman–Crippen LogP) is 2.70. The first-order valence-corrected chi connectivity index (χ1v) is 7.20. The predicted molar refractivity (Wildman–Crippen MR) is 77.1 cm³/mol. The standard InChI is InChI=1S/C15H20N2O3/c1-9-10(2)15(17(19)20)6-5-14(9)16-11-3-4-12(16)8-13(18)7-11/h5-6,11-13,18H,3-4,7-8H2,1-2H3. The summed E-state index contributed by atoms with van der Waals surface area (Å²) in [6.45, 7) is 3.78. The quantitative estimate of drug-likeness (QED) is 0.666. The first-order valence-electron chi connectivity index (χ1n) is 7.20. The number of aliphatic hydroxyl groups is 1. The largest absolute Gasteiger partial charge is 0.393 e. The minimum absolute atomic E-state index is 0.190. The van der Waals surface area contributed by atoms with Gasteiger partial charge in [-0.25, -0.2) is 0 Å². The van der Waals surface area contributed by atoms with Gasteiger partial charge in [0.15, 0.2) is 0 Å². The van der Waals surface area contributed by atoms with Crippen LogP contribution in [-0.4, -0.2) is 28.2 Å². The topological polar surface area (TPSA) is 66.6 Å². The van der Waals surface area contributed by atoms with E-state index in [0.717, 1.165) is 42.5 Å². The Morgan fingerprint density at radius 2 is 1.80 bits per heavy atom. The number of hydrogen-bond donors (Lipinski definition) is 1. The number of anilines is 1. The average molecular weight is 276 g/mol. The van der Waals surface area contributed by atoms with Crippen LogP contribution in [0.5, 0.6) is 0 Å². The van der Waals surface area contributed by atoms with E-state index in [2.05, 4.69) is 4.90 Å². The molecular weight excluding hydrogens is 256 g/mol. The number of piperidine rings is 1. The molecule has 0 amide bonds. The highest BCUT2D eigenvalue weighted by molar-refractivity contribution is 5.63. The van der Waals surface area contributed by atoms with Gasteiger partial charge in [-0.05, 0) is 51.2 Å². The highest BCUT2D eigenvalue weighted by atomic mass is 16.6. The van der Waals surface area contributed by atoms with Crippen molar-refractivity contribution in [2.45, 2.75) is 57.7 Å². The second kappa shape index (κ2) is 4.74. The molecule has 2 unspecified atom stereocenters. The second-order valence-electron chi connectivity index (χ2n) is 6.03. The molecule has 2 saturated heterocycles. The van der Waals surface area contributed by atoms with Crippen LogP contribution in [0.1, 0.15) is 36.8 Å². The zero-order valence-corrected chi connectivity index (χ0v) is 11.9. The Labute approximate surface area is 118 Å². The van der Waals surface area contributed by atoms with E-state index in [4.69, 9.17) is 0 Å². The van der Waals surface area contributed by atoms with Gasteiger partial charge in [-0.15, -0.1) is 0 Å². The van der Waals surface area contributed by atoms with E-state index in [1.54, 1.807) is 6.07 Å². The van der Waals surface area contributed by atoms with Gasteiger partial charge in [0.25, 0.3) is 5.69 Å². The molecule has 0 aromatic heterocycles. The monoisotopic (exact) mass is 276 g/mol. The Balaban J connectivity index is 2.00. The summed E-state index contributed by atoms with van der Waals surface area (Å²) < 4.78 is 0. The molecule has 5 nitrogen and oxygen atoms in total. The average Bonchev–Trinajstić information content (AvgIpc) is 2.65. The Morgan fingerprint density at radius 1 is 1.20 bits per heavy atom. The van der Waals surface area contributed by atoms with Crippen molar-refractivity contribution in [3.05, 3.63) is 33.4 Å². The molecule has 0 aliphatic carbocycles. The first kappa shape index (κ1) is 13.4. The van der Waals surface area contributed by atoms with Crippen molar-refractivity contribution < 1.29 is 10.0 Å². The van der Waals surface area contributed by atoms with E-state index in [1.165, 1.54) is 0 Å². The molecule has 2 fully saturated rings. The third-order valence-electron chi connectivity index (χ3n) is 4.91. The van der Waals surface area contributed by atoms with Crippen LogP contribution in [0.4, 0.5) is 11.4 Å². The van der Waals surface area contributed by atoms with Crippen molar-refractivity contribution in [1.29, 1.82) is 0 Å². The normalized spacial score (nSPS) is 28.8. The summed E-state index contributed by atoms with van der Waals surface area (Å²) >= 11 is 0. The van der Waals surface area contributed by atoms with Crippen LogP contribution >= 0.6 is 0 Å². The third kappa shape index (κ3) is 1.97. The number of nitrogens with zero attached hydrogens (tertiary/aromatic N) is 2. The fraction of sp³-hybridized carbons (Fsp3) is 0.600. The van der Waals surface area contributed by atoms with Gasteiger partial charge in [-0.1, -0.05) is 0 Å². The number of fused-ring (bicyclic) bond motifs is 2. The molecular formula is C15H20N2O3. The Kier molecular flexibility index (Phi) is 3.17. The lowest BCUT2D eigenvalue weighted by Gasteiger charge is -2.40. The molecule has 2 bridgehead atoms. The van der Waals surface area contributed by atoms with Crippen molar-refractivity contribution in [3.63, 3.8) is 0 Å². The minimum Gasteiger partial charge on any atom is -0.393 e. The van der Waals surface area contributed by atoms with Crippen molar-refractivity contribution >= 4 is 11.4 Å². The van der Waals surface area contributed by atoms with Gasteiger partial charge in [0.1, 0.15) is 0 Å². The van der Waals surface area contributed by atoms with Crippen LogP contribution in [0.15, 0.2) is 12.1 Å². The Morgan fingerprint density at radius 3 is 2.35 bits per heavy atom. The van der Waals surface area contributed by atoms with E-state index < -0.39 is 0 Å². The molecule has 1 aromatic carbocycles. The van der Waals surface area contributed by atoms with Crippen molar-refractivity contribution in [1.82, 2.24) is 0 Å². The lowest BCUT2D eigenvalue weighted by Crippen LogP contribution is -2.45. The van der Waals surface area contributed by atoms with Crippen LogP contribution in [0.2, 0.25) is 0 Å². The fourth-order valence-corrected chi connectivity index (χ4v) is 3.81. The molecule has 0 radical (unpaired) electrons. The van der Waals surface area contributed by atoms with Crippen LogP contribution < -0.4 is 4.90 Å². The summed E-state index contributed by atoms with van der Waals surface area (Å²) in [6, 6.07) is 4.25. The van der Waals surface area contributed by atoms with Gasteiger partial charge in [0, 0.05) is 29.4 Å². The number of aliphatic hydroxyl groups excluding tert-OH is 1. The lowest BCUT2D eigenvalue weighted by atomic mass is 9.96. The summed E-state index contributed by atoms with van der Waals surface area (Å²) in [5, 5.41) is 20.9. The highest BCUT2D eigenvalue weighted by Gasteiger charge is 2.41. The molecule has 0 spiro atoms. The first-order chi connectivity index (χ1) is 9.49. The molecule has 2 aliphatic rings. The highest BCUT2D eigenvalue weighted by Crippen LogP contribution is 2.42. The summed E-state index contributed by atoms with van der Waals surface area (Å²) in [4.78, 5) is 13.1. The number of nitro benzene ring substituents is 1. The molecule has 2 heterocycles. The molecule has 3 rings (SSSR count). The Bertz CT molecular complexity index is 544. The SMILES string of the molecule is Cc1c(N2C3CCC2CC(O)C3)ccc([N+](=O)[O-])c1C. The summed E-state index contributed by atoms with van der Waals surface area (Å²) in [5.74, 6) is 0. The number of rotatable bonds is 2. The van der Waals surface area contributed by atoms with Crippen LogP contribution in [0, 0.1) is 24.0 Å². The van der Waals surface area contributed by atoms with E-state index >= 15 is 0 Å². The molecule has 5 heteroatoms. The molecule has 1 N–H and O–H groups in total. The Hall–Kier alpha value is -1.62. The molecule has 2 aliphatic heterocycles. The van der Waals surface area contributed by atoms with Crippen LogP contribution in [-0.2, 0) is 0 Å². The van der Waals surface area contributed by atoms with E-state index in [-0.39, 0.29) is 16.7 Å². The van der Waals surface area contributed by atoms with Crippen LogP contribution in [0.3, 0.4) is 0 Å². The van der Waals surface area contributed by atoms with Gasteiger partial charge >= 0.3 is 0 Å². The van der Waals surface area contributed by atoms with Gasteiger partial charge in [0.05, 0.1) is 11.0 Å². The maximum Gasteiger partial charge on any atom is 0.272 e. The zero-order chi connectivity index (χ0) is 14.4. The van der Waals surface area contributed by atoms with Gasteiger partial charge < -0.3 is 10.0 Å². The second-order valence-corrected chi connectivity index (χ2v) is 6.03. The fourth-order valence-electron chi connectivity index (χ4n) is 3.81. The molecule has 108 valence electrons. The van der Waals surface area contributed by atoms with Crippen LogP contribution in [0.25, 0.3) is 0 Å². The molecule has 0 saturated carbocycles. The lowest BCUT2D eigenvalue weighted by molar-refractivity contribution is -0.385. The summed E-state index contributed by atoms with van der Waals surface area (Å²) in [5.41, 5.74) is 3.04. The van der Waals surface area contributed by atoms with Crippen molar-refractivity contribution in [2.24, 2.45) is 0 Å². The number of benzene rings is 1. The van der Waals surface area contributed by atoms with E-state index in [9.17, 15) is 15.2 Å². The van der Waals surface area contributed by atoms with E-state index in [1.807, 2.05) is 19.9 Å². The smallest absolute Gasteiger partial charge is 0.272 e. The molecule has 20 heavy (non-hydrogen) atoms. The van der Waals surface area contributed by atoms with Crippen molar-refractivity contribution in [3.8, 4) is 0 Å².